The molecule has 16 heavy (non-hydrogen) atoms. The highest BCUT2D eigenvalue weighted by Gasteiger charge is 2.38. The highest BCUT2D eigenvalue weighted by Crippen LogP contribution is 2.32. The van der Waals surface area contributed by atoms with Crippen molar-refractivity contribution in [3.63, 3.8) is 0 Å². The molecule has 0 heterocycles. The molecule has 1 saturated carbocycles. The Balaban J connectivity index is 1.80. The zero-order valence-electron chi connectivity index (χ0n) is 9.75. The number of hydrogen-bond donors (Lipinski definition) is 1. The molecule has 2 nitrogen and oxygen atoms in total. The predicted octanol–water partition coefficient (Wildman–Crippen LogP) is 1.79. The van der Waals surface area contributed by atoms with Crippen molar-refractivity contribution in [1.29, 1.82) is 0 Å². The van der Waals surface area contributed by atoms with Crippen molar-refractivity contribution in [3.05, 3.63) is 35.6 Å². The predicted molar refractivity (Wildman–Crippen MR) is 63.8 cm³/mol. The van der Waals surface area contributed by atoms with Crippen molar-refractivity contribution in [1.82, 2.24) is 4.90 Å². The first-order valence-corrected chi connectivity index (χ1v) is 5.80. The Morgan fingerprint density at radius 1 is 1.38 bits per heavy atom. The second kappa shape index (κ2) is 4.52. The molecule has 1 fully saturated rings. The van der Waals surface area contributed by atoms with E-state index in [0.29, 0.717) is 0 Å². The molecule has 0 unspecified atom stereocenters. The van der Waals surface area contributed by atoms with Gasteiger partial charge in [-0.1, -0.05) is 18.2 Å². The molecule has 1 aromatic carbocycles. The molecule has 2 rings (SSSR count). The topological polar surface area (TPSA) is 29.3 Å². The van der Waals surface area contributed by atoms with Crippen LogP contribution < -0.4 is 5.73 Å². The van der Waals surface area contributed by atoms with Gasteiger partial charge in [0.05, 0.1) is 0 Å². The standard InChI is InChI=1S/C13H19FN2/c1-16(10-13(15)7-8-13)9-6-11-4-2-3-5-12(11)14/h2-5H,6-10,15H2,1H3. The van der Waals surface area contributed by atoms with Gasteiger partial charge in [-0.3, -0.25) is 0 Å². The van der Waals surface area contributed by atoms with Gasteiger partial charge < -0.3 is 10.6 Å². The lowest BCUT2D eigenvalue weighted by molar-refractivity contribution is 0.305. The van der Waals surface area contributed by atoms with Crippen molar-refractivity contribution in [2.75, 3.05) is 20.1 Å². The van der Waals surface area contributed by atoms with Crippen LogP contribution in [-0.2, 0) is 6.42 Å². The van der Waals surface area contributed by atoms with Crippen LogP contribution in [-0.4, -0.2) is 30.6 Å². The minimum Gasteiger partial charge on any atom is -0.324 e. The lowest BCUT2D eigenvalue weighted by Crippen LogP contribution is -2.38. The number of nitrogens with two attached hydrogens (primary N) is 1. The van der Waals surface area contributed by atoms with Gasteiger partial charge in [0.15, 0.2) is 0 Å². The first-order valence-electron chi connectivity index (χ1n) is 5.80. The van der Waals surface area contributed by atoms with Crippen LogP contribution in [0.1, 0.15) is 18.4 Å². The Kier molecular flexibility index (Phi) is 3.26. The maximum Gasteiger partial charge on any atom is 0.126 e. The van der Waals surface area contributed by atoms with Gasteiger partial charge in [-0.05, 0) is 37.9 Å². The van der Waals surface area contributed by atoms with E-state index in [0.717, 1.165) is 37.9 Å². The van der Waals surface area contributed by atoms with E-state index in [-0.39, 0.29) is 11.4 Å². The summed E-state index contributed by atoms with van der Waals surface area (Å²) in [6.07, 6.45) is 2.99. The average molecular weight is 222 g/mol. The van der Waals surface area contributed by atoms with Crippen LogP contribution in [0.5, 0.6) is 0 Å². The number of halogens is 1. The largest absolute Gasteiger partial charge is 0.324 e. The van der Waals surface area contributed by atoms with Crippen molar-refractivity contribution < 1.29 is 4.39 Å². The molecule has 0 aliphatic heterocycles. The second-order valence-electron chi connectivity index (χ2n) is 4.94. The number of nitrogens with zero attached hydrogens (tertiary/aromatic N) is 1. The summed E-state index contributed by atoms with van der Waals surface area (Å²) < 4.78 is 13.3. The Morgan fingerprint density at radius 2 is 2.06 bits per heavy atom. The number of likely N-dealkylation sites (N-methyl/N-ethyl adjacent to an activating group) is 1. The van der Waals surface area contributed by atoms with Crippen molar-refractivity contribution in [3.8, 4) is 0 Å². The van der Waals surface area contributed by atoms with Crippen LogP contribution in [0.4, 0.5) is 4.39 Å². The molecule has 3 heteroatoms. The summed E-state index contributed by atoms with van der Waals surface area (Å²) in [6, 6.07) is 6.96. The molecule has 88 valence electrons. The van der Waals surface area contributed by atoms with E-state index >= 15 is 0 Å². The molecule has 1 aliphatic rings. The number of benzene rings is 1. The van der Waals surface area contributed by atoms with Gasteiger partial charge >= 0.3 is 0 Å². The Morgan fingerprint density at radius 3 is 2.69 bits per heavy atom. The van der Waals surface area contributed by atoms with Crippen molar-refractivity contribution in [2.24, 2.45) is 5.73 Å². The van der Waals surface area contributed by atoms with Crippen LogP contribution in [0.2, 0.25) is 0 Å². The highest BCUT2D eigenvalue weighted by molar-refractivity contribution is 5.17. The lowest BCUT2D eigenvalue weighted by Gasteiger charge is -2.20. The van der Waals surface area contributed by atoms with Gasteiger partial charge in [-0.15, -0.1) is 0 Å². The summed E-state index contributed by atoms with van der Waals surface area (Å²) in [4.78, 5) is 2.19. The molecule has 0 amide bonds. The monoisotopic (exact) mass is 222 g/mol. The van der Waals surface area contributed by atoms with E-state index in [1.165, 1.54) is 6.07 Å². The van der Waals surface area contributed by atoms with Crippen LogP contribution in [0, 0.1) is 5.82 Å². The van der Waals surface area contributed by atoms with Gasteiger partial charge in [-0.2, -0.15) is 0 Å². The third-order valence-corrected chi connectivity index (χ3v) is 3.20. The fourth-order valence-corrected chi connectivity index (χ4v) is 1.95. The first-order chi connectivity index (χ1) is 7.59. The van der Waals surface area contributed by atoms with E-state index in [9.17, 15) is 4.39 Å². The molecular formula is C13H19FN2. The third kappa shape index (κ3) is 3.03. The van der Waals surface area contributed by atoms with Gasteiger partial charge in [-0.25, -0.2) is 4.39 Å². The molecule has 0 bridgehead atoms. The van der Waals surface area contributed by atoms with Gasteiger partial charge in [0, 0.05) is 18.6 Å². The summed E-state index contributed by atoms with van der Waals surface area (Å²) in [7, 11) is 2.05. The lowest BCUT2D eigenvalue weighted by atomic mass is 10.1. The molecule has 0 saturated heterocycles. The maximum atomic E-state index is 13.3. The van der Waals surface area contributed by atoms with E-state index in [4.69, 9.17) is 5.73 Å². The molecule has 0 aromatic heterocycles. The van der Waals surface area contributed by atoms with E-state index in [1.807, 2.05) is 19.2 Å². The van der Waals surface area contributed by atoms with Crippen LogP contribution >= 0.6 is 0 Å². The Labute approximate surface area is 96.2 Å². The molecule has 0 atom stereocenters. The third-order valence-electron chi connectivity index (χ3n) is 3.20. The molecule has 1 aromatic rings. The van der Waals surface area contributed by atoms with Gasteiger partial charge in [0.2, 0.25) is 0 Å². The SMILES string of the molecule is CN(CCc1ccccc1F)CC1(N)CC1. The zero-order chi connectivity index (χ0) is 11.6. The summed E-state index contributed by atoms with van der Waals surface area (Å²) >= 11 is 0. The zero-order valence-corrected chi connectivity index (χ0v) is 9.75. The summed E-state index contributed by atoms with van der Waals surface area (Å²) in [5, 5.41) is 0. The number of hydrogen-bond acceptors (Lipinski definition) is 2. The molecule has 2 N–H and O–H groups in total. The van der Waals surface area contributed by atoms with E-state index in [1.54, 1.807) is 6.07 Å². The summed E-state index contributed by atoms with van der Waals surface area (Å²) in [6.45, 7) is 1.78. The van der Waals surface area contributed by atoms with Crippen LogP contribution in [0.15, 0.2) is 24.3 Å². The smallest absolute Gasteiger partial charge is 0.126 e. The molecular weight excluding hydrogens is 203 g/mol. The Bertz CT molecular complexity index is 361. The maximum absolute atomic E-state index is 13.3. The average Bonchev–Trinajstić information content (AvgIpc) is 2.95. The normalized spacial score (nSPS) is 17.8. The van der Waals surface area contributed by atoms with Gasteiger partial charge in [0.25, 0.3) is 0 Å². The first kappa shape index (κ1) is 11.6. The highest BCUT2D eigenvalue weighted by atomic mass is 19.1. The van der Waals surface area contributed by atoms with Crippen molar-refractivity contribution in [2.45, 2.75) is 24.8 Å². The van der Waals surface area contributed by atoms with E-state index < -0.39 is 0 Å². The minimum atomic E-state index is -0.107. The van der Waals surface area contributed by atoms with E-state index in [2.05, 4.69) is 4.90 Å². The Hall–Kier alpha value is -0.930. The van der Waals surface area contributed by atoms with Crippen molar-refractivity contribution >= 4 is 0 Å². The molecule has 1 aliphatic carbocycles. The summed E-state index contributed by atoms with van der Waals surface area (Å²) in [5.41, 5.74) is 6.86. The molecule has 0 spiro atoms. The van der Waals surface area contributed by atoms with Crippen LogP contribution in [0.25, 0.3) is 0 Å². The minimum absolute atomic E-state index is 0.0456. The summed E-state index contributed by atoms with van der Waals surface area (Å²) in [5.74, 6) is -0.107. The fourth-order valence-electron chi connectivity index (χ4n) is 1.95. The second-order valence-corrected chi connectivity index (χ2v) is 4.94. The number of rotatable bonds is 5. The molecule has 0 radical (unpaired) electrons. The quantitative estimate of drug-likeness (QED) is 0.823. The van der Waals surface area contributed by atoms with Crippen LogP contribution in [0.3, 0.4) is 0 Å². The van der Waals surface area contributed by atoms with Gasteiger partial charge in [0.1, 0.15) is 5.82 Å². The fraction of sp³-hybridized carbons (Fsp3) is 0.538.